The number of ether oxygens (including phenoxy) is 1. The molecule has 0 amide bonds. The Morgan fingerprint density at radius 2 is 2.00 bits per heavy atom. The van der Waals surface area contributed by atoms with E-state index < -0.39 is 5.95 Å². The molecule has 0 aliphatic heterocycles. The molecule has 0 bridgehead atoms. The second-order valence-corrected chi connectivity index (χ2v) is 5.51. The van der Waals surface area contributed by atoms with Gasteiger partial charge in [-0.15, -0.1) is 0 Å². The molecule has 0 atom stereocenters. The first-order chi connectivity index (χ1) is 11.0. The van der Waals surface area contributed by atoms with Crippen LogP contribution in [0.2, 0.25) is 5.02 Å². The zero-order valence-electron chi connectivity index (χ0n) is 12.5. The summed E-state index contributed by atoms with van der Waals surface area (Å²) in [7, 11) is 0. The quantitative estimate of drug-likeness (QED) is 0.663. The average molecular weight is 334 g/mol. The van der Waals surface area contributed by atoms with Crippen molar-refractivity contribution < 1.29 is 13.7 Å². The molecule has 0 spiro atoms. The molecule has 23 heavy (non-hydrogen) atoms. The normalized spacial score (nSPS) is 11.0. The fourth-order valence-corrected chi connectivity index (χ4v) is 2.21. The Morgan fingerprint density at radius 3 is 2.70 bits per heavy atom. The van der Waals surface area contributed by atoms with Crippen LogP contribution in [0.1, 0.15) is 13.8 Å². The van der Waals surface area contributed by atoms with E-state index in [9.17, 15) is 4.39 Å². The number of rotatable bonds is 4. The van der Waals surface area contributed by atoms with Crippen LogP contribution < -0.4 is 4.74 Å². The van der Waals surface area contributed by atoms with Gasteiger partial charge in [-0.2, -0.15) is 9.37 Å². The summed E-state index contributed by atoms with van der Waals surface area (Å²) in [6, 6.07) is 8.04. The van der Waals surface area contributed by atoms with E-state index in [2.05, 4.69) is 15.1 Å². The molecule has 0 unspecified atom stereocenters. The van der Waals surface area contributed by atoms with Crippen LogP contribution in [0, 0.1) is 5.95 Å². The van der Waals surface area contributed by atoms with Crippen molar-refractivity contribution in [3.8, 4) is 28.6 Å². The highest BCUT2D eigenvalue weighted by Gasteiger charge is 2.13. The van der Waals surface area contributed by atoms with Crippen LogP contribution in [0.15, 0.2) is 41.1 Å². The minimum atomic E-state index is -0.611. The maximum atomic E-state index is 13.2. The lowest BCUT2D eigenvalue weighted by molar-refractivity contribution is 0.242. The van der Waals surface area contributed by atoms with Gasteiger partial charge in [-0.3, -0.25) is 0 Å². The topological polar surface area (TPSA) is 61.0 Å². The van der Waals surface area contributed by atoms with E-state index in [1.165, 1.54) is 12.3 Å². The third kappa shape index (κ3) is 3.48. The molecule has 0 saturated carbocycles. The van der Waals surface area contributed by atoms with Gasteiger partial charge in [0.2, 0.25) is 11.8 Å². The third-order valence-corrected chi connectivity index (χ3v) is 3.25. The van der Waals surface area contributed by atoms with Gasteiger partial charge in [-0.05, 0) is 38.1 Å². The van der Waals surface area contributed by atoms with Gasteiger partial charge in [0, 0.05) is 23.4 Å². The highest BCUT2D eigenvalue weighted by Crippen LogP contribution is 2.30. The predicted molar refractivity (Wildman–Crippen MR) is 83.7 cm³/mol. The maximum Gasteiger partial charge on any atom is 0.258 e. The minimum Gasteiger partial charge on any atom is -0.489 e. The number of hydrogen-bond donors (Lipinski definition) is 0. The molecule has 2 heterocycles. The SMILES string of the molecule is CC(C)Oc1ccc(-c2noc(-c3ccnc(F)c3)n2)cc1Cl. The standard InChI is InChI=1S/C16H13ClFN3O2/c1-9(2)22-13-4-3-10(7-12(13)17)15-20-16(23-21-15)11-5-6-19-14(18)8-11/h3-9H,1-2H3. The molecule has 0 saturated heterocycles. The summed E-state index contributed by atoms with van der Waals surface area (Å²) >= 11 is 6.20. The Kier molecular flexibility index (Phi) is 4.25. The summed E-state index contributed by atoms with van der Waals surface area (Å²) in [5, 5.41) is 4.35. The van der Waals surface area contributed by atoms with Crippen molar-refractivity contribution in [2.45, 2.75) is 20.0 Å². The van der Waals surface area contributed by atoms with Crippen LogP contribution in [-0.2, 0) is 0 Å². The van der Waals surface area contributed by atoms with Crippen LogP contribution >= 0.6 is 11.6 Å². The zero-order chi connectivity index (χ0) is 16.4. The maximum absolute atomic E-state index is 13.2. The van der Waals surface area contributed by atoms with Crippen LogP contribution in [0.3, 0.4) is 0 Å². The van der Waals surface area contributed by atoms with E-state index in [0.717, 1.165) is 0 Å². The summed E-state index contributed by atoms with van der Waals surface area (Å²) in [6.45, 7) is 3.84. The number of hydrogen-bond acceptors (Lipinski definition) is 5. The first-order valence-corrected chi connectivity index (χ1v) is 7.33. The molecule has 0 aliphatic rings. The molecule has 2 aromatic heterocycles. The molecule has 3 rings (SSSR count). The van der Waals surface area contributed by atoms with Gasteiger partial charge in [0.15, 0.2) is 0 Å². The Hall–Kier alpha value is -2.47. The molecule has 3 aromatic rings. The lowest BCUT2D eigenvalue weighted by atomic mass is 10.2. The van der Waals surface area contributed by atoms with Crippen molar-refractivity contribution in [2.75, 3.05) is 0 Å². The number of aromatic nitrogens is 3. The number of nitrogens with zero attached hydrogens (tertiary/aromatic N) is 3. The Balaban J connectivity index is 1.90. The van der Waals surface area contributed by atoms with Gasteiger partial charge in [0.1, 0.15) is 5.75 Å². The van der Waals surface area contributed by atoms with Gasteiger partial charge >= 0.3 is 0 Å². The summed E-state index contributed by atoms with van der Waals surface area (Å²) in [5.41, 5.74) is 1.14. The van der Waals surface area contributed by atoms with E-state index in [1.807, 2.05) is 13.8 Å². The van der Waals surface area contributed by atoms with Crippen LogP contribution in [-0.4, -0.2) is 21.2 Å². The molecule has 0 aliphatic carbocycles. The summed E-state index contributed by atoms with van der Waals surface area (Å²) < 4.78 is 23.9. The van der Waals surface area contributed by atoms with Crippen molar-refractivity contribution in [3.05, 3.63) is 47.5 Å². The van der Waals surface area contributed by atoms with Gasteiger partial charge in [0.25, 0.3) is 5.89 Å². The Labute approximate surface area is 137 Å². The second-order valence-electron chi connectivity index (χ2n) is 5.10. The smallest absolute Gasteiger partial charge is 0.258 e. The van der Waals surface area contributed by atoms with Crippen molar-refractivity contribution >= 4 is 11.6 Å². The zero-order valence-corrected chi connectivity index (χ0v) is 13.2. The highest BCUT2D eigenvalue weighted by molar-refractivity contribution is 6.32. The van der Waals surface area contributed by atoms with E-state index >= 15 is 0 Å². The molecular weight excluding hydrogens is 321 g/mol. The van der Waals surface area contributed by atoms with Crippen LogP contribution in [0.5, 0.6) is 5.75 Å². The molecule has 7 heteroatoms. The summed E-state index contributed by atoms with van der Waals surface area (Å²) in [6.07, 6.45) is 1.36. The first-order valence-electron chi connectivity index (χ1n) is 6.95. The van der Waals surface area contributed by atoms with Crippen molar-refractivity contribution in [1.29, 1.82) is 0 Å². The van der Waals surface area contributed by atoms with Gasteiger partial charge < -0.3 is 9.26 Å². The van der Waals surface area contributed by atoms with Gasteiger partial charge in [-0.1, -0.05) is 16.8 Å². The molecule has 0 radical (unpaired) electrons. The van der Waals surface area contributed by atoms with Gasteiger partial charge in [0.05, 0.1) is 11.1 Å². The second kappa shape index (κ2) is 6.34. The van der Waals surface area contributed by atoms with Crippen LogP contribution in [0.4, 0.5) is 4.39 Å². The largest absolute Gasteiger partial charge is 0.489 e. The fourth-order valence-electron chi connectivity index (χ4n) is 1.98. The first kappa shape index (κ1) is 15.4. The van der Waals surface area contributed by atoms with Crippen LogP contribution in [0.25, 0.3) is 22.8 Å². The fraction of sp³-hybridized carbons (Fsp3) is 0.188. The molecule has 5 nitrogen and oxygen atoms in total. The predicted octanol–water partition coefficient (Wildman–Crippen LogP) is 4.38. The van der Waals surface area contributed by atoms with E-state index in [0.29, 0.717) is 27.7 Å². The Morgan fingerprint density at radius 1 is 1.17 bits per heavy atom. The third-order valence-electron chi connectivity index (χ3n) is 2.95. The molecule has 1 aromatic carbocycles. The molecular formula is C16H13ClFN3O2. The molecule has 0 fully saturated rings. The van der Waals surface area contributed by atoms with Crippen molar-refractivity contribution in [2.24, 2.45) is 0 Å². The van der Waals surface area contributed by atoms with E-state index in [-0.39, 0.29) is 12.0 Å². The minimum absolute atomic E-state index is 0.0247. The van der Waals surface area contributed by atoms with E-state index in [1.54, 1.807) is 24.3 Å². The highest BCUT2D eigenvalue weighted by atomic mass is 35.5. The summed E-state index contributed by atoms with van der Waals surface area (Å²) in [4.78, 5) is 7.74. The molecule has 118 valence electrons. The summed E-state index contributed by atoms with van der Waals surface area (Å²) in [5.74, 6) is 0.543. The average Bonchev–Trinajstić information content (AvgIpc) is 2.99. The number of pyridine rings is 1. The number of benzene rings is 1. The lowest BCUT2D eigenvalue weighted by Crippen LogP contribution is -2.05. The molecule has 0 N–H and O–H groups in total. The van der Waals surface area contributed by atoms with Crippen molar-refractivity contribution in [3.63, 3.8) is 0 Å². The van der Waals surface area contributed by atoms with Crippen molar-refractivity contribution in [1.82, 2.24) is 15.1 Å². The lowest BCUT2D eigenvalue weighted by Gasteiger charge is -2.11. The van der Waals surface area contributed by atoms with Gasteiger partial charge in [-0.25, -0.2) is 4.98 Å². The Bertz CT molecular complexity index is 836. The monoisotopic (exact) mass is 333 g/mol. The van der Waals surface area contributed by atoms with E-state index in [4.69, 9.17) is 20.9 Å². The number of halogens is 2.